The van der Waals surface area contributed by atoms with Crippen LogP contribution >= 0.6 is 0 Å². The molecule has 2 nitrogen and oxygen atoms in total. The number of likely N-dealkylation sites (N-methyl/N-ethyl adjacent to an activating group) is 2. The van der Waals surface area contributed by atoms with Crippen LogP contribution in [-0.4, -0.2) is 55.2 Å². The molecule has 2 radical (unpaired) electrons. The third-order valence-corrected chi connectivity index (χ3v) is 3.61. The van der Waals surface area contributed by atoms with E-state index >= 15 is 0 Å². The Morgan fingerprint density at radius 3 is 1.79 bits per heavy atom. The lowest BCUT2D eigenvalue weighted by Crippen LogP contribution is -2.51. The molecule has 0 aromatic heterocycles. The van der Waals surface area contributed by atoms with Gasteiger partial charge in [-0.25, -0.2) is 0 Å². The molecule has 0 aliphatic heterocycles. The highest BCUT2D eigenvalue weighted by molar-refractivity contribution is 4.56. The molecule has 0 amide bonds. The average molecular weight is 199 g/mol. The van der Waals surface area contributed by atoms with Gasteiger partial charge in [-0.15, -0.1) is 0 Å². The summed E-state index contributed by atoms with van der Waals surface area (Å²) in [6.45, 7) is 22.5. The van der Waals surface area contributed by atoms with Crippen LogP contribution < -0.4 is 0 Å². The summed E-state index contributed by atoms with van der Waals surface area (Å²) >= 11 is 0. The van der Waals surface area contributed by atoms with E-state index in [1.54, 1.807) is 0 Å². The lowest BCUT2D eigenvalue weighted by Gasteiger charge is -2.37. The molecule has 0 heterocycles. The van der Waals surface area contributed by atoms with Crippen molar-refractivity contribution in [2.45, 2.75) is 27.7 Å². The molecular weight excluding hydrogens is 172 g/mol. The normalized spacial score (nSPS) is 12.4. The molecule has 0 rings (SSSR count). The molecule has 14 heavy (non-hydrogen) atoms. The monoisotopic (exact) mass is 199 g/mol. The van der Waals surface area contributed by atoms with E-state index in [1.807, 2.05) is 0 Å². The minimum absolute atomic E-state index is 0.688. The summed E-state index contributed by atoms with van der Waals surface area (Å²) in [5.74, 6) is 0. The molecule has 0 unspecified atom stereocenters. The summed E-state index contributed by atoms with van der Waals surface area (Å²) in [4.78, 5) is 2.30. The second-order valence-corrected chi connectivity index (χ2v) is 3.91. The first-order valence-corrected chi connectivity index (χ1v) is 5.95. The van der Waals surface area contributed by atoms with Crippen LogP contribution in [0.5, 0.6) is 0 Å². The Morgan fingerprint density at radius 1 is 1.00 bits per heavy atom. The van der Waals surface area contributed by atoms with Gasteiger partial charge >= 0.3 is 0 Å². The largest absolute Gasteiger partial charge is 0.323 e. The number of hydrogen-bond acceptors (Lipinski definition) is 1. The Morgan fingerprint density at radius 2 is 1.50 bits per heavy atom. The Bertz CT molecular complexity index is 118. The van der Waals surface area contributed by atoms with Crippen LogP contribution in [-0.2, 0) is 0 Å². The molecule has 0 aliphatic rings. The minimum Gasteiger partial charge on any atom is -0.323 e. The van der Waals surface area contributed by atoms with E-state index in [-0.39, 0.29) is 0 Å². The topological polar surface area (TPSA) is 3.24 Å². The van der Waals surface area contributed by atoms with Crippen molar-refractivity contribution < 1.29 is 4.48 Å². The highest BCUT2D eigenvalue weighted by Crippen LogP contribution is 2.05. The van der Waals surface area contributed by atoms with Gasteiger partial charge in [0.25, 0.3) is 0 Å². The van der Waals surface area contributed by atoms with Crippen molar-refractivity contribution in [1.82, 2.24) is 4.90 Å². The van der Waals surface area contributed by atoms with Gasteiger partial charge in [0.05, 0.1) is 26.2 Å². The Balaban J connectivity index is 4.04. The Hall–Kier alpha value is -0.0800. The van der Waals surface area contributed by atoms with E-state index in [1.165, 1.54) is 30.7 Å². The zero-order valence-electron chi connectivity index (χ0n) is 10.4. The third kappa shape index (κ3) is 3.97. The van der Waals surface area contributed by atoms with Crippen LogP contribution in [0.3, 0.4) is 0 Å². The fourth-order valence-electron chi connectivity index (χ4n) is 1.88. The van der Waals surface area contributed by atoms with Crippen LogP contribution in [0, 0.1) is 6.92 Å². The van der Waals surface area contributed by atoms with Crippen molar-refractivity contribution in [3.8, 4) is 0 Å². The maximum Gasteiger partial charge on any atom is 0.0915 e. The summed E-state index contributed by atoms with van der Waals surface area (Å²) in [6.07, 6.45) is 0. The van der Waals surface area contributed by atoms with E-state index in [9.17, 15) is 0 Å². The standard InChI is InChI=1S/C12H27N2/c1-6-13(7-2)11-12-14(8-3,9-4)10-5/h1H,6-12H2,2-5H3/q+1. The molecule has 0 fully saturated rings. The van der Waals surface area contributed by atoms with Gasteiger partial charge in [-0.1, -0.05) is 6.92 Å². The fraction of sp³-hybridized carbons (Fsp3) is 0.917. The zero-order chi connectivity index (χ0) is 11.0. The van der Waals surface area contributed by atoms with Crippen molar-refractivity contribution >= 4 is 0 Å². The van der Waals surface area contributed by atoms with Gasteiger partial charge in [0, 0.05) is 13.1 Å². The van der Waals surface area contributed by atoms with Crippen molar-refractivity contribution in [3.05, 3.63) is 6.92 Å². The van der Waals surface area contributed by atoms with E-state index in [2.05, 4.69) is 32.6 Å². The van der Waals surface area contributed by atoms with Gasteiger partial charge in [-0.3, -0.25) is 4.90 Å². The molecule has 0 atom stereocenters. The predicted octanol–water partition coefficient (Wildman–Crippen LogP) is 1.90. The van der Waals surface area contributed by atoms with E-state index < -0.39 is 0 Å². The Labute approximate surface area is 90.5 Å². The molecule has 0 aromatic carbocycles. The second-order valence-electron chi connectivity index (χ2n) is 3.91. The highest BCUT2D eigenvalue weighted by atomic mass is 15.4. The van der Waals surface area contributed by atoms with E-state index in [0.717, 1.165) is 13.1 Å². The molecule has 0 aromatic rings. The van der Waals surface area contributed by atoms with Crippen molar-refractivity contribution in [1.29, 1.82) is 0 Å². The van der Waals surface area contributed by atoms with Gasteiger partial charge in [0.2, 0.25) is 0 Å². The van der Waals surface area contributed by atoms with Crippen molar-refractivity contribution in [3.63, 3.8) is 0 Å². The van der Waals surface area contributed by atoms with Crippen LogP contribution in [0.4, 0.5) is 0 Å². The third-order valence-electron chi connectivity index (χ3n) is 3.61. The van der Waals surface area contributed by atoms with Gasteiger partial charge in [0.15, 0.2) is 0 Å². The molecule has 0 bridgehead atoms. The minimum atomic E-state index is 0.688. The van der Waals surface area contributed by atoms with Gasteiger partial charge in [-0.05, 0) is 34.2 Å². The highest BCUT2D eigenvalue weighted by Gasteiger charge is 2.20. The van der Waals surface area contributed by atoms with Crippen LogP contribution in [0.15, 0.2) is 0 Å². The SMILES string of the molecule is [CH]CN(CC)CC[N+](CC)(CC)CC. The Kier molecular flexibility index (Phi) is 7.20. The van der Waals surface area contributed by atoms with Crippen LogP contribution in [0.2, 0.25) is 0 Å². The number of rotatable bonds is 8. The summed E-state index contributed by atoms with van der Waals surface area (Å²) < 4.78 is 1.22. The number of nitrogens with zero attached hydrogens (tertiary/aromatic N) is 2. The number of hydrogen-bond donors (Lipinski definition) is 0. The maximum absolute atomic E-state index is 5.66. The van der Waals surface area contributed by atoms with Gasteiger partial charge in [0.1, 0.15) is 0 Å². The first-order valence-electron chi connectivity index (χ1n) is 5.95. The second kappa shape index (κ2) is 7.24. The fourth-order valence-corrected chi connectivity index (χ4v) is 1.88. The van der Waals surface area contributed by atoms with E-state index in [0.29, 0.717) is 6.54 Å². The van der Waals surface area contributed by atoms with Gasteiger partial charge in [-0.2, -0.15) is 0 Å². The summed E-state index contributed by atoms with van der Waals surface area (Å²) in [5.41, 5.74) is 0. The first kappa shape index (κ1) is 13.9. The van der Waals surface area contributed by atoms with Crippen LogP contribution in [0.25, 0.3) is 0 Å². The van der Waals surface area contributed by atoms with Crippen LogP contribution in [0.1, 0.15) is 27.7 Å². The lowest BCUT2D eigenvalue weighted by molar-refractivity contribution is -0.922. The lowest BCUT2D eigenvalue weighted by atomic mass is 10.3. The van der Waals surface area contributed by atoms with Crippen molar-refractivity contribution in [2.75, 3.05) is 45.8 Å². The zero-order valence-corrected chi connectivity index (χ0v) is 10.4. The average Bonchev–Trinajstić information content (AvgIpc) is 2.26. The summed E-state index contributed by atoms with van der Waals surface area (Å²) in [5, 5.41) is 0. The van der Waals surface area contributed by atoms with Gasteiger partial charge < -0.3 is 4.48 Å². The molecule has 0 spiro atoms. The smallest absolute Gasteiger partial charge is 0.0915 e. The first-order chi connectivity index (χ1) is 6.67. The number of quaternary nitrogens is 1. The quantitative estimate of drug-likeness (QED) is 0.540. The molecule has 0 N–H and O–H groups in total. The predicted molar refractivity (Wildman–Crippen MR) is 63.2 cm³/mol. The van der Waals surface area contributed by atoms with E-state index in [4.69, 9.17) is 6.92 Å². The molecule has 0 saturated heterocycles. The maximum atomic E-state index is 5.66. The summed E-state index contributed by atoms with van der Waals surface area (Å²) in [7, 11) is 0. The molecular formula is C12H27N2+. The summed E-state index contributed by atoms with van der Waals surface area (Å²) in [6, 6.07) is 0. The van der Waals surface area contributed by atoms with Crippen molar-refractivity contribution in [2.24, 2.45) is 0 Å². The molecule has 2 heteroatoms. The molecule has 84 valence electrons. The molecule has 0 aliphatic carbocycles. The molecule has 0 saturated carbocycles.